The maximum absolute atomic E-state index is 12.2. The van der Waals surface area contributed by atoms with Gasteiger partial charge in [0.2, 0.25) is 0 Å². The lowest BCUT2D eigenvalue weighted by atomic mass is 10.0. The molecule has 96 valence electrons. The molecule has 0 bridgehead atoms. The van der Waals surface area contributed by atoms with Gasteiger partial charge in [-0.25, -0.2) is 0 Å². The highest BCUT2D eigenvalue weighted by Gasteiger charge is 2.45. The molecule has 2 aromatic rings. The Labute approximate surface area is 111 Å². The third kappa shape index (κ3) is 2.37. The average Bonchev–Trinajstić information content (AvgIpc) is 3.28. The van der Waals surface area contributed by atoms with Gasteiger partial charge in [-0.2, -0.15) is 0 Å². The van der Waals surface area contributed by atoms with Gasteiger partial charge in [-0.3, -0.25) is 4.79 Å². The highest BCUT2D eigenvalue weighted by molar-refractivity contribution is 6.01. The van der Waals surface area contributed by atoms with Crippen LogP contribution in [0.5, 0.6) is 5.75 Å². The minimum Gasteiger partial charge on any atom is -0.497 e. The van der Waals surface area contributed by atoms with E-state index in [2.05, 4.69) is 0 Å². The average molecular weight is 254 g/mol. The third-order valence-corrected chi connectivity index (χ3v) is 3.25. The summed E-state index contributed by atoms with van der Waals surface area (Å²) in [6, 6.07) is 16.9. The van der Waals surface area contributed by atoms with Crippen molar-refractivity contribution in [3.63, 3.8) is 0 Å². The highest BCUT2D eigenvalue weighted by atomic mass is 16.6. The van der Waals surface area contributed by atoms with Crippen molar-refractivity contribution in [3.8, 4) is 5.75 Å². The van der Waals surface area contributed by atoms with Crippen LogP contribution in [0.3, 0.4) is 0 Å². The van der Waals surface area contributed by atoms with Crippen molar-refractivity contribution in [1.82, 2.24) is 0 Å². The molecule has 2 aromatic carbocycles. The summed E-state index contributed by atoms with van der Waals surface area (Å²) in [6.07, 6.45) is -0.452. The first-order valence-electron chi connectivity index (χ1n) is 6.18. The predicted octanol–water partition coefficient (Wildman–Crippen LogP) is 3.02. The van der Waals surface area contributed by atoms with Crippen LogP contribution in [0.4, 0.5) is 0 Å². The zero-order valence-electron chi connectivity index (χ0n) is 10.6. The first-order valence-corrected chi connectivity index (χ1v) is 6.18. The molecule has 1 heterocycles. The van der Waals surface area contributed by atoms with E-state index < -0.39 is 0 Å². The van der Waals surface area contributed by atoms with Gasteiger partial charge < -0.3 is 9.47 Å². The van der Waals surface area contributed by atoms with Crippen LogP contribution in [0, 0.1) is 0 Å². The van der Waals surface area contributed by atoms with Gasteiger partial charge in [0.25, 0.3) is 0 Å². The topological polar surface area (TPSA) is 38.8 Å². The summed E-state index contributed by atoms with van der Waals surface area (Å²) in [5.41, 5.74) is 1.71. The molecule has 0 N–H and O–H groups in total. The number of methoxy groups -OCH3 is 1. The van der Waals surface area contributed by atoms with Crippen LogP contribution in [-0.4, -0.2) is 19.0 Å². The molecule has 1 fully saturated rings. The third-order valence-electron chi connectivity index (χ3n) is 3.25. The SMILES string of the molecule is COc1ccc(C(=O)[C@H]2O[C@H]2c2ccccc2)cc1. The largest absolute Gasteiger partial charge is 0.497 e. The minimum absolute atomic E-state index is 0.0245. The summed E-state index contributed by atoms with van der Waals surface area (Å²) in [7, 11) is 1.60. The van der Waals surface area contributed by atoms with Crippen LogP contribution >= 0.6 is 0 Å². The molecule has 0 amide bonds. The van der Waals surface area contributed by atoms with Gasteiger partial charge in [0.1, 0.15) is 11.9 Å². The van der Waals surface area contributed by atoms with E-state index in [0.29, 0.717) is 5.56 Å². The van der Waals surface area contributed by atoms with Gasteiger partial charge in [-0.15, -0.1) is 0 Å². The second-order valence-corrected chi connectivity index (χ2v) is 4.48. The fourth-order valence-electron chi connectivity index (χ4n) is 2.13. The second-order valence-electron chi connectivity index (χ2n) is 4.48. The number of benzene rings is 2. The van der Waals surface area contributed by atoms with E-state index in [-0.39, 0.29) is 18.0 Å². The Hall–Kier alpha value is -2.13. The van der Waals surface area contributed by atoms with E-state index in [1.54, 1.807) is 31.4 Å². The molecular weight excluding hydrogens is 240 g/mol. The van der Waals surface area contributed by atoms with Crippen molar-refractivity contribution in [1.29, 1.82) is 0 Å². The zero-order chi connectivity index (χ0) is 13.2. The molecule has 0 saturated carbocycles. The summed E-state index contributed by atoms with van der Waals surface area (Å²) in [5, 5.41) is 0. The lowest BCUT2D eigenvalue weighted by molar-refractivity contribution is 0.0953. The minimum atomic E-state index is -0.351. The molecule has 3 heteroatoms. The van der Waals surface area contributed by atoms with Crippen molar-refractivity contribution < 1.29 is 14.3 Å². The summed E-state index contributed by atoms with van der Waals surface area (Å²) in [4.78, 5) is 12.2. The molecule has 0 aliphatic carbocycles. The first kappa shape index (κ1) is 11.9. The van der Waals surface area contributed by atoms with Crippen LogP contribution in [-0.2, 0) is 4.74 Å². The van der Waals surface area contributed by atoms with Gasteiger partial charge in [0.05, 0.1) is 7.11 Å². The summed E-state index contributed by atoms with van der Waals surface area (Å²) in [6.45, 7) is 0. The number of Topliss-reactive ketones (excluding diaryl/α,β-unsaturated/α-hetero) is 1. The number of carbonyl (C=O) groups excluding carboxylic acids is 1. The fourth-order valence-corrected chi connectivity index (χ4v) is 2.13. The molecule has 0 aromatic heterocycles. The zero-order valence-corrected chi connectivity index (χ0v) is 10.6. The standard InChI is InChI=1S/C16H14O3/c1-18-13-9-7-11(8-10-13)14(17)16-15(19-16)12-5-3-2-4-6-12/h2-10,15-16H,1H3/t15-,16+/m0/s1. The molecule has 1 aliphatic rings. The van der Waals surface area contributed by atoms with Gasteiger partial charge in [0, 0.05) is 5.56 Å². The van der Waals surface area contributed by atoms with E-state index in [9.17, 15) is 4.79 Å². The van der Waals surface area contributed by atoms with E-state index in [1.165, 1.54) is 0 Å². The van der Waals surface area contributed by atoms with Gasteiger partial charge in [-0.1, -0.05) is 30.3 Å². The molecule has 0 radical (unpaired) electrons. The van der Waals surface area contributed by atoms with Gasteiger partial charge in [0.15, 0.2) is 11.9 Å². The monoisotopic (exact) mass is 254 g/mol. The van der Waals surface area contributed by atoms with Crippen LogP contribution in [0.15, 0.2) is 54.6 Å². The quantitative estimate of drug-likeness (QED) is 0.622. The summed E-state index contributed by atoms with van der Waals surface area (Å²) in [5.74, 6) is 0.768. The Kier molecular flexibility index (Phi) is 3.05. The molecule has 3 nitrogen and oxygen atoms in total. The lowest BCUT2D eigenvalue weighted by Crippen LogP contribution is -2.08. The van der Waals surface area contributed by atoms with E-state index in [1.807, 2.05) is 30.3 Å². The molecular formula is C16H14O3. The molecule has 2 atom stereocenters. The smallest absolute Gasteiger partial charge is 0.194 e. The Morgan fingerprint density at radius 2 is 1.74 bits per heavy atom. The molecule has 19 heavy (non-hydrogen) atoms. The Morgan fingerprint density at radius 1 is 1.05 bits per heavy atom. The van der Waals surface area contributed by atoms with Crippen molar-refractivity contribution in [2.75, 3.05) is 7.11 Å². The number of hydrogen-bond acceptors (Lipinski definition) is 3. The van der Waals surface area contributed by atoms with Crippen molar-refractivity contribution in [2.45, 2.75) is 12.2 Å². The number of epoxide rings is 1. The van der Waals surface area contributed by atoms with Crippen molar-refractivity contribution in [2.24, 2.45) is 0 Å². The van der Waals surface area contributed by atoms with Crippen molar-refractivity contribution in [3.05, 3.63) is 65.7 Å². The molecule has 0 unspecified atom stereocenters. The van der Waals surface area contributed by atoms with Crippen LogP contribution < -0.4 is 4.74 Å². The predicted molar refractivity (Wildman–Crippen MR) is 71.4 cm³/mol. The van der Waals surface area contributed by atoms with Crippen LogP contribution in [0.2, 0.25) is 0 Å². The first-order chi connectivity index (χ1) is 9.29. The number of rotatable bonds is 4. The molecule has 3 rings (SSSR count). The summed E-state index contributed by atoms with van der Waals surface area (Å²) >= 11 is 0. The summed E-state index contributed by atoms with van der Waals surface area (Å²) < 4.78 is 10.6. The number of ether oxygens (including phenoxy) is 2. The number of hydrogen-bond donors (Lipinski definition) is 0. The number of carbonyl (C=O) groups is 1. The van der Waals surface area contributed by atoms with Crippen molar-refractivity contribution >= 4 is 5.78 Å². The van der Waals surface area contributed by atoms with Gasteiger partial charge >= 0.3 is 0 Å². The normalized spacial score (nSPS) is 20.9. The molecule has 1 saturated heterocycles. The maximum Gasteiger partial charge on any atom is 0.194 e. The Balaban J connectivity index is 1.72. The number of ketones is 1. The highest BCUT2D eigenvalue weighted by Crippen LogP contribution is 2.40. The fraction of sp³-hybridized carbons (Fsp3) is 0.188. The van der Waals surface area contributed by atoms with Gasteiger partial charge in [-0.05, 0) is 29.8 Å². The Bertz CT molecular complexity index is 575. The molecule has 0 spiro atoms. The second kappa shape index (κ2) is 4.86. The van der Waals surface area contributed by atoms with E-state index in [4.69, 9.17) is 9.47 Å². The lowest BCUT2D eigenvalue weighted by Gasteiger charge is -2.01. The van der Waals surface area contributed by atoms with Crippen LogP contribution in [0.1, 0.15) is 22.0 Å². The van der Waals surface area contributed by atoms with E-state index >= 15 is 0 Å². The van der Waals surface area contributed by atoms with Crippen LogP contribution in [0.25, 0.3) is 0 Å². The Morgan fingerprint density at radius 3 is 2.37 bits per heavy atom. The molecule has 1 aliphatic heterocycles. The maximum atomic E-state index is 12.2. The van der Waals surface area contributed by atoms with E-state index in [0.717, 1.165) is 11.3 Å².